The number of hydrogen-bond acceptors (Lipinski definition) is 3. The van der Waals surface area contributed by atoms with Crippen LogP contribution in [0, 0.1) is 11.7 Å². The first-order valence-corrected chi connectivity index (χ1v) is 5.80. The fraction of sp³-hybridized carbons (Fsp3) is 0.462. The monoisotopic (exact) mass is 255 g/mol. The highest BCUT2D eigenvalue weighted by Crippen LogP contribution is 2.22. The molecule has 2 atom stereocenters. The quantitative estimate of drug-likeness (QED) is 0.755. The Hall–Kier alpha value is -1.62. The van der Waals surface area contributed by atoms with E-state index < -0.39 is 23.9 Å². The van der Waals surface area contributed by atoms with E-state index in [1.165, 1.54) is 12.1 Å². The molecule has 5 heteroatoms. The Morgan fingerprint density at radius 2 is 1.94 bits per heavy atom. The van der Waals surface area contributed by atoms with Crippen molar-refractivity contribution in [2.75, 3.05) is 0 Å². The van der Waals surface area contributed by atoms with E-state index in [0.717, 1.165) is 6.07 Å². The van der Waals surface area contributed by atoms with Crippen molar-refractivity contribution in [1.82, 2.24) is 5.32 Å². The van der Waals surface area contributed by atoms with Gasteiger partial charge in [0.15, 0.2) is 0 Å². The van der Waals surface area contributed by atoms with Crippen LogP contribution in [0.2, 0.25) is 0 Å². The van der Waals surface area contributed by atoms with Crippen LogP contribution >= 0.6 is 0 Å². The van der Waals surface area contributed by atoms with Gasteiger partial charge in [-0.3, -0.25) is 10.1 Å². The summed E-state index contributed by atoms with van der Waals surface area (Å²) in [6.45, 7) is 5.26. The normalized spacial score (nSPS) is 14.5. The molecule has 3 N–H and O–H groups in total. The molecule has 0 spiro atoms. The second kappa shape index (κ2) is 5.82. The van der Waals surface area contributed by atoms with Crippen molar-refractivity contribution in [2.24, 2.45) is 5.92 Å². The van der Waals surface area contributed by atoms with Crippen LogP contribution < -0.4 is 5.32 Å². The van der Waals surface area contributed by atoms with E-state index in [9.17, 15) is 9.18 Å². The largest absolute Gasteiger partial charge is 0.508 e. The maximum atomic E-state index is 13.6. The van der Waals surface area contributed by atoms with E-state index in [1.54, 1.807) is 20.8 Å². The molecule has 0 saturated heterocycles. The van der Waals surface area contributed by atoms with E-state index in [2.05, 4.69) is 5.32 Å². The van der Waals surface area contributed by atoms with Gasteiger partial charge in [0.05, 0.1) is 0 Å². The number of phenolic OH excluding ortho intramolecular Hbond substituents is 1. The number of benzene rings is 1. The summed E-state index contributed by atoms with van der Waals surface area (Å²) in [7, 11) is 0. The van der Waals surface area contributed by atoms with Gasteiger partial charge in [-0.25, -0.2) is 4.39 Å². The minimum absolute atomic E-state index is 0.106. The molecule has 2 unspecified atom stereocenters. The molecule has 0 aliphatic heterocycles. The molecular weight excluding hydrogens is 237 g/mol. The molecule has 100 valence electrons. The smallest absolute Gasteiger partial charge is 0.320 e. The lowest BCUT2D eigenvalue weighted by Crippen LogP contribution is -2.42. The Bertz CT molecular complexity index is 434. The van der Waals surface area contributed by atoms with Crippen LogP contribution in [0.5, 0.6) is 5.75 Å². The van der Waals surface area contributed by atoms with Crippen LogP contribution in [0.15, 0.2) is 18.2 Å². The molecule has 0 aliphatic carbocycles. The van der Waals surface area contributed by atoms with E-state index in [1.807, 2.05) is 0 Å². The van der Waals surface area contributed by atoms with Gasteiger partial charge in [0.25, 0.3) is 0 Å². The third-order valence-electron chi connectivity index (χ3n) is 2.81. The summed E-state index contributed by atoms with van der Waals surface area (Å²) in [5.74, 6) is -1.77. The van der Waals surface area contributed by atoms with Gasteiger partial charge in [0.2, 0.25) is 0 Å². The topological polar surface area (TPSA) is 69.6 Å². The van der Waals surface area contributed by atoms with E-state index in [4.69, 9.17) is 10.2 Å². The van der Waals surface area contributed by atoms with Crippen molar-refractivity contribution in [3.8, 4) is 5.75 Å². The van der Waals surface area contributed by atoms with E-state index >= 15 is 0 Å². The van der Waals surface area contributed by atoms with Gasteiger partial charge in [-0.15, -0.1) is 0 Å². The third-order valence-corrected chi connectivity index (χ3v) is 2.81. The van der Waals surface area contributed by atoms with Crippen LogP contribution in [0.4, 0.5) is 4.39 Å². The molecule has 0 bridgehead atoms. The van der Waals surface area contributed by atoms with Gasteiger partial charge in [-0.1, -0.05) is 19.9 Å². The molecule has 0 saturated carbocycles. The minimum atomic E-state index is -0.962. The molecule has 1 rings (SSSR count). The first-order valence-electron chi connectivity index (χ1n) is 5.80. The predicted molar refractivity (Wildman–Crippen MR) is 65.9 cm³/mol. The molecule has 0 aromatic heterocycles. The molecule has 1 aromatic carbocycles. The second-order valence-electron chi connectivity index (χ2n) is 4.65. The number of aliphatic carboxylic acids is 1. The first-order chi connectivity index (χ1) is 8.32. The molecule has 18 heavy (non-hydrogen) atoms. The fourth-order valence-corrected chi connectivity index (χ4v) is 1.78. The van der Waals surface area contributed by atoms with E-state index in [-0.39, 0.29) is 11.7 Å². The van der Waals surface area contributed by atoms with Crippen molar-refractivity contribution >= 4 is 5.97 Å². The Balaban J connectivity index is 2.87. The van der Waals surface area contributed by atoms with Gasteiger partial charge >= 0.3 is 5.97 Å². The molecular formula is C13H18FNO3. The summed E-state index contributed by atoms with van der Waals surface area (Å²) >= 11 is 0. The lowest BCUT2D eigenvalue weighted by Gasteiger charge is -2.23. The number of carboxylic acids is 1. The van der Waals surface area contributed by atoms with Gasteiger partial charge in [0.1, 0.15) is 17.6 Å². The number of hydrogen-bond donors (Lipinski definition) is 3. The van der Waals surface area contributed by atoms with Gasteiger partial charge in [-0.2, -0.15) is 0 Å². The summed E-state index contributed by atoms with van der Waals surface area (Å²) in [5.41, 5.74) is 0.333. The zero-order valence-corrected chi connectivity index (χ0v) is 10.6. The molecule has 0 radical (unpaired) electrons. The molecule has 1 aromatic rings. The first kappa shape index (κ1) is 14.4. The maximum absolute atomic E-state index is 13.6. The van der Waals surface area contributed by atoms with Gasteiger partial charge in [0, 0.05) is 17.7 Å². The molecule has 0 fully saturated rings. The summed E-state index contributed by atoms with van der Waals surface area (Å²) in [6.07, 6.45) is 0. The zero-order valence-electron chi connectivity index (χ0n) is 10.6. The zero-order chi connectivity index (χ0) is 13.9. The maximum Gasteiger partial charge on any atom is 0.320 e. The Morgan fingerprint density at radius 3 is 2.39 bits per heavy atom. The number of carbonyl (C=O) groups is 1. The molecule has 4 nitrogen and oxygen atoms in total. The van der Waals surface area contributed by atoms with Crippen LogP contribution in [0.3, 0.4) is 0 Å². The van der Waals surface area contributed by atoms with E-state index in [0.29, 0.717) is 5.56 Å². The van der Waals surface area contributed by atoms with Crippen molar-refractivity contribution in [3.63, 3.8) is 0 Å². The third kappa shape index (κ3) is 3.43. The summed E-state index contributed by atoms with van der Waals surface area (Å²) < 4.78 is 13.6. The van der Waals surface area contributed by atoms with Crippen molar-refractivity contribution < 1.29 is 19.4 Å². The Morgan fingerprint density at radius 1 is 1.33 bits per heavy atom. The minimum Gasteiger partial charge on any atom is -0.508 e. The summed E-state index contributed by atoms with van der Waals surface area (Å²) in [5, 5.41) is 21.1. The standard InChI is InChI=1S/C13H18FNO3/c1-7(2)12(13(17)18)15-8(3)10-5-4-9(16)6-11(10)14/h4-8,12,15-16H,1-3H3,(H,17,18). The number of halogens is 1. The Kier molecular flexibility index (Phi) is 4.67. The van der Waals surface area contributed by atoms with Crippen LogP contribution in [0.1, 0.15) is 32.4 Å². The van der Waals surface area contributed by atoms with Crippen molar-refractivity contribution in [1.29, 1.82) is 0 Å². The predicted octanol–water partition coefficient (Wildman–Crippen LogP) is 2.29. The highest BCUT2D eigenvalue weighted by molar-refractivity contribution is 5.73. The SMILES string of the molecule is CC(NC(C(=O)O)C(C)C)c1ccc(O)cc1F. The van der Waals surface area contributed by atoms with Crippen LogP contribution in [0.25, 0.3) is 0 Å². The number of carboxylic acid groups (broad SMARTS) is 1. The average molecular weight is 255 g/mol. The summed E-state index contributed by atoms with van der Waals surface area (Å²) in [6, 6.07) is 2.64. The second-order valence-corrected chi connectivity index (χ2v) is 4.65. The van der Waals surface area contributed by atoms with Gasteiger partial charge < -0.3 is 10.2 Å². The molecule has 0 heterocycles. The molecule has 0 aliphatic rings. The average Bonchev–Trinajstić information content (AvgIpc) is 2.24. The lowest BCUT2D eigenvalue weighted by atomic mass is 10.0. The number of phenols is 1. The van der Waals surface area contributed by atoms with Crippen molar-refractivity contribution in [2.45, 2.75) is 32.9 Å². The highest BCUT2D eigenvalue weighted by atomic mass is 19.1. The fourth-order valence-electron chi connectivity index (χ4n) is 1.78. The highest BCUT2D eigenvalue weighted by Gasteiger charge is 2.24. The number of aromatic hydroxyl groups is 1. The Labute approximate surface area is 105 Å². The van der Waals surface area contributed by atoms with Crippen LogP contribution in [-0.4, -0.2) is 22.2 Å². The lowest BCUT2D eigenvalue weighted by molar-refractivity contribution is -0.140. The van der Waals surface area contributed by atoms with Gasteiger partial charge in [-0.05, 0) is 18.9 Å². The summed E-state index contributed by atoms with van der Waals surface area (Å²) in [4.78, 5) is 11.1. The molecule has 0 amide bonds. The van der Waals surface area contributed by atoms with Crippen molar-refractivity contribution in [3.05, 3.63) is 29.6 Å². The number of rotatable bonds is 5. The number of nitrogens with one attached hydrogen (secondary N) is 1. The van der Waals surface area contributed by atoms with Crippen LogP contribution in [-0.2, 0) is 4.79 Å².